The minimum absolute atomic E-state index is 0.885. The Balaban J connectivity index is 2.41. The predicted octanol–water partition coefficient (Wildman–Crippen LogP) is 2.18. The molecule has 1 aromatic rings. The molecule has 0 unspecified atom stereocenters. The molecule has 2 nitrogen and oxygen atoms in total. The molecule has 0 aromatic heterocycles. The van der Waals surface area contributed by atoms with Crippen LogP contribution in [0, 0.1) is 0 Å². The lowest BCUT2D eigenvalue weighted by Gasteiger charge is -2.02. The first-order valence-electron chi connectivity index (χ1n) is 3.91. The molecule has 0 atom stereocenters. The van der Waals surface area contributed by atoms with Crippen molar-refractivity contribution in [2.45, 2.75) is 6.42 Å². The van der Waals surface area contributed by atoms with Crippen LogP contribution in [0.15, 0.2) is 30.5 Å². The normalized spacial score (nSPS) is 13.9. The highest BCUT2D eigenvalue weighted by molar-refractivity contribution is 5.63. The molecule has 0 saturated heterocycles. The van der Waals surface area contributed by atoms with Gasteiger partial charge in [0, 0.05) is 23.9 Å². The molecule has 2 heteroatoms. The molecule has 0 spiro atoms. The molecule has 12 heavy (non-hydrogen) atoms. The first kappa shape index (κ1) is 7.22. The van der Waals surface area contributed by atoms with Crippen molar-refractivity contribution in [3.05, 3.63) is 36.0 Å². The second kappa shape index (κ2) is 2.55. The molecule has 0 fully saturated rings. The van der Waals surface area contributed by atoms with Gasteiger partial charge in [-0.1, -0.05) is 12.6 Å². The standard InChI is InChI=1S/C10H11NO/c1-7-5-8-3-4-9(12-2)6-10(8)11-7/h3-4,6,11H,1,5H2,2H3. The van der Waals surface area contributed by atoms with Crippen molar-refractivity contribution in [2.24, 2.45) is 0 Å². The van der Waals surface area contributed by atoms with Crippen LogP contribution in [0.25, 0.3) is 0 Å². The molecular weight excluding hydrogens is 150 g/mol. The highest BCUT2D eigenvalue weighted by atomic mass is 16.5. The van der Waals surface area contributed by atoms with Gasteiger partial charge in [0.1, 0.15) is 5.75 Å². The number of anilines is 1. The Morgan fingerprint density at radius 2 is 2.33 bits per heavy atom. The molecule has 0 amide bonds. The van der Waals surface area contributed by atoms with Gasteiger partial charge >= 0.3 is 0 Å². The van der Waals surface area contributed by atoms with E-state index in [1.54, 1.807) is 7.11 Å². The molecule has 0 radical (unpaired) electrons. The third-order valence-corrected chi connectivity index (χ3v) is 2.03. The van der Waals surface area contributed by atoms with Gasteiger partial charge in [0.25, 0.3) is 0 Å². The van der Waals surface area contributed by atoms with Crippen LogP contribution >= 0.6 is 0 Å². The maximum atomic E-state index is 5.11. The van der Waals surface area contributed by atoms with Crippen molar-refractivity contribution in [1.82, 2.24) is 0 Å². The molecule has 62 valence electrons. The first-order valence-corrected chi connectivity index (χ1v) is 3.91. The fourth-order valence-electron chi connectivity index (χ4n) is 1.42. The molecule has 1 aromatic carbocycles. The number of benzene rings is 1. The van der Waals surface area contributed by atoms with Crippen LogP contribution < -0.4 is 10.1 Å². The van der Waals surface area contributed by atoms with Crippen LogP contribution in [-0.4, -0.2) is 7.11 Å². The summed E-state index contributed by atoms with van der Waals surface area (Å²) in [5.41, 5.74) is 3.47. The van der Waals surface area contributed by atoms with Crippen LogP contribution in [0.1, 0.15) is 5.56 Å². The molecule has 0 saturated carbocycles. The lowest BCUT2D eigenvalue weighted by Crippen LogP contribution is -1.88. The van der Waals surface area contributed by atoms with E-state index in [0.717, 1.165) is 23.6 Å². The lowest BCUT2D eigenvalue weighted by molar-refractivity contribution is 0.415. The van der Waals surface area contributed by atoms with E-state index < -0.39 is 0 Å². The second-order valence-electron chi connectivity index (χ2n) is 2.93. The summed E-state index contributed by atoms with van der Waals surface area (Å²) in [6, 6.07) is 6.03. The van der Waals surface area contributed by atoms with Gasteiger partial charge in [0.2, 0.25) is 0 Å². The Hall–Kier alpha value is -1.44. The summed E-state index contributed by atoms with van der Waals surface area (Å²) in [5, 5.41) is 3.20. The molecule has 2 rings (SSSR count). The zero-order valence-corrected chi connectivity index (χ0v) is 7.05. The second-order valence-corrected chi connectivity index (χ2v) is 2.93. The Morgan fingerprint density at radius 1 is 1.50 bits per heavy atom. The van der Waals surface area contributed by atoms with Crippen LogP contribution in [-0.2, 0) is 6.42 Å². The Morgan fingerprint density at radius 3 is 3.08 bits per heavy atom. The van der Waals surface area contributed by atoms with Crippen molar-refractivity contribution in [2.75, 3.05) is 12.4 Å². The van der Waals surface area contributed by atoms with E-state index in [0.29, 0.717) is 0 Å². The third kappa shape index (κ3) is 1.05. The average Bonchev–Trinajstić information content (AvgIpc) is 2.43. The fraction of sp³-hybridized carbons (Fsp3) is 0.200. The van der Waals surface area contributed by atoms with E-state index in [9.17, 15) is 0 Å². The Labute approximate surface area is 71.9 Å². The van der Waals surface area contributed by atoms with E-state index in [2.05, 4.69) is 18.0 Å². The number of hydrogen-bond acceptors (Lipinski definition) is 2. The Kier molecular flexibility index (Phi) is 1.54. The summed E-state index contributed by atoms with van der Waals surface area (Å²) < 4.78 is 5.11. The van der Waals surface area contributed by atoms with Gasteiger partial charge in [0.05, 0.1) is 7.11 Å². The molecule has 1 aliphatic rings. The minimum Gasteiger partial charge on any atom is -0.497 e. The summed E-state index contributed by atoms with van der Waals surface area (Å²) in [6.07, 6.45) is 0.930. The SMILES string of the molecule is C=C1Cc2ccc(OC)cc2N1. The van der Waals surface area contributed by atoms with Crippen molar-refractivity contribution >= 4 is 5.69 Å². The van der Waals surface area contributed by atoms with Crippen LogP contribution in [0.4, 0.5) is 5.69 Å². The third-order valence-electron chi connectivity index (χ3n) is 2.03. The summed E-state index contributed by atoms with van der Waals surface area (Å²) >= 11 is 0. The maximum absolute atomic E-state index is 5.11. The van der Waals surface area contributed by atoms with Gasteiger partial charge in [-0.05, 0) is 11.6 Å². The number of methoxy groups -OCH3 is 1. The monoisotopic (exact) mass is 161 g/mol. The zero-order chi connectivity index (χ0) is 8.55. The van der Waals surface area contributed by atoms with E-state index in [1.807, 2.05) is 12.1 Å². The summed E-state index contributed by atoms with van der Waals surface area (Å²) in [5.74, 6) is 0.885. The van der Waals surface area contributed by atoms with Gasteiger partial charge in [-0.3, -0.25) is 0 Å². The molecule has 0 bridgehead atoms. The topological polar surface area (TPSA) is 21.3 Å². The summed E-state index contributed by atoms with van der Waals surface area (Å²) in [4.78, 5) is 0. The number of nitrogens with one attached hydrogen (secondary N) is 1. The van der Waals surface area contributed by atoms with Crippen LogP contribution in [0.5, 0.6) is 5.75 Å². The van der Waals surface area contributed by atoms with E-state index in [4.69, 9.17) is 4.74 Å². The predicted molar refractivity (Wildman–Crippen MR) is 49.5 cm³/mol. The molecule has 0 aliphatic carbocycles. The molecule has 1 heterocycles. The molecule has 1 N–H and O–H groups in total. The van der Waals surface area contributed by atoms with Crippen LogP contribution in [0.2, 0.25) is 0 Å². The largest absolute Gasteiger partial charge is 0.497 e. The van der Waals surface area contributed by atoms with Crippen molar-refractivity contribution in [3.63, 3.8) is 0 Å². The van der Waals surface area contributed by atoms with Gasteiger partial charge in [-0.15, -0.1) is 0 Å². The van der Waals surface area contributed by atoms with Crippen molar-refractivity contribution in [1.29, 1.82) is 0 Å². The number of rotatable bonds is 1. The smallest absolute Gasteiger partial charge is 0.120 e. The van der Waals surface area contributed by atoms with Crippen molar-refractivity contribution in [3.8, 4) is 5.75 Å². The fourth-order valence-corrected chi connectivity index (χ4v) is 1.42. The summed E-state index contributed by atoms with van der Waals surface area (Å²) in [6.45, 7) is 3.87. The van der Waals surface area contributed by atoms with Gasteiger partial charge in [0.15, 0.2) is 0 Å². The highest BCUT2D eigenvalue weighted by Gasteiger charge is 2.12. The average molecular weight is 161 g/mol. The lowest BCUT2D eigenvalue weighted by atomic mass is 10.1. The van der Waals surface area contributed by atoms with E-state index in [1.165, 1.54) is 5.56 Å². The summed E-state index contributed by atoms with van der Waals surface area (Å²) in [7, 11) is 1.67. The Bertz CT molecular complexity index is 331. The number of ether oxygens (including phenoxy) is 1. The molecular formula is C10H11NO. The van der Waals surface area contributed by atoms with Gasteiger partial charge in [-0.2, -0.15) is 0 Å². The van der Waals surface area contributed by atoms with Gasteiger partial charge in [-0.25, -0.2) is 0 Å². The minimum atomic E-state index is 0.885. The van der Waals surface area contributed by atoms with Gasteiger partial charge < -0.3 is 10.1 Å². The number of fused-ring (bicyclic) bond motifs is 1. The first-order chi connectivity index (χ1) is 5.79. The van der Waals surface area contributed by atoms with E-state index >= 15 is 0 Å². The van der Waals surface area contributed by atoms with Crippen LogP contribution in [0.3, 0.4) is 0 Å². The highest BCUT2D eigenvalue weighted by Crippen LogP contribution is 2.30. The zero-order valence-electron chi connectivity index (χ0n) is 7.05. The number of allylic oxidation sites excluding steroid dienone is 1. The van der Waals surface area contributed by atoms with Crippen molar-refractivity contribution < 1.29 is 4.74 Å². The number of hydrogen-bond donors (Lipinski definition) is 1. The quantitative estimate of drug-likeness (QED) is 0.681. The van der Waals surface area contributed by atoms with E-state index in [-0.39, 0.29) is 0 Å². The maximum Gasteiger partial charge on any atom is 0.120 e. The molecule has 1 aliphatic heterocycles.